The number of aromatic nitrogens is 3. The van der Waals surface area contributed by atoms with Crippen LogP contribution in [0.25, 0.3) is 11.3 Å². The van der Waals surface area contributed by atoms with Crippen molar-refractivity contribution in [2.45, 2.75) is 13.0 Å². The summed E-state index contributed by atoms with van der Waals surface area (Å²) in [5.41, 5.74) is 2.16. The Morgan fingerprint density at radius 2 is 1.96 bits per heavy atom. The number of ether oxygens (including phenoxy) is 1. The first-order valence-corrected chi connectivity index (χ1v) is 8.54. The van der Waals surface area contributed by atoms with Crippen molar-refractivity contribution in [3.63, 3.8) is 0 Å². The van der Waals surface area contributed by atoms with E-state index in [-0.39, 0.29) is 18.0 Å². The average Bonchev–Trinajstić information content (AvgIpc) is 2.70. The summed E-state index contributed by atoms with van der Waals surface area (Å²) in [5.74, 6) is 0.433. The maximum atomic E-state index is 12.2. The molecule has 1 N–H and O–H groups in total. The molecule has 2 aromatic heterocycles. The molecule has 0 unspecified atom stereocenters. The molecule has 1 aromatic carbocycles. The van der Waals surface area contributed by atoms with Gasteiger partial charge in [0, 0.05) is 30.6 Å². The first-order chi connectivity index (χ1) is 13.2. The van der Waals surface area contributed by atoms with E-state index in [2.05, 4.69) is 15.4 Å². The van der Waals surface area contributed by atoms with Crippen molar-refractivity contribution in [1.29, 1.82) is 0 Å². The van der Waals surface area contributed by atoms with Gasteiger partial charge in [-0.1, -0.05) is 12.1 Å². The molecule has 0 atom stereocenters. The van der Waals surface area contributed by atoms with Crippen LogP contribution < -0.4 is 15.6 Å². The molecule has 0 bridgehead atoms. The highest BCUT2D eigenvalue weighted by atomic mass is 16.5. The number of benzene rings is 1. The Morgan fingerprint density at radius 3 is 2.74 bits per heavy atom. The van der Waals surface area contributed by atoms with E-state index in [1.54, 1.807) is 25.6 Å². The Balaban J connectivity index is 1.65. The van der Waals surface area contributed by atoms with Crippen molar-refractivity contribution < 1.29 is 9.53 Å². The van der Waals surface area contributed by atoms with E-state index < -0.39 is 0 Å². The summed E-state index contributed by atoms with van der Waals surface area (Å²) in [6.45, 7) is 0.347. The molecule has 0 fully saturated rings. The molecule has 3 aromatic rings. The predicted molar refractivity (Wildman–Crippen MR) is 101 cm³/mol. The van der Waals surface area contributed by atoms with Crippen LogP contribution in [0.3, 0.4) is 0 Å². The Hall–Kier alpha value is -3.48. The van der Waals surface area contributed by atoms with Crippen LogP contribution >= 0.6 is 0 Å². The number of methoxy groups -OCH3 is 1. The topological polar surface area (TPSA) is 86.1 Å². The molecule has 3 rings (SSSR count). The van der Waals surface area contributed by atoms with Crippen LogP contribution in [-0.4, -0.2) is 34.3 Å². The van der Waals surface area contributed by atoms with Crippen LogP contribution in [0.1, 0.15) is 5.56 Å². The molecule has 0 saturated carbocycles. The standard InChI is InChI=1S/C20H20N4O3/c1-27-17-4-2-3-16(13-17)18-5-6-20(26)24(23-18)14-19(25)22-12-9-15-7-10-21-11-8-15/h2-8,10-11,13H,9,12,14H2,1H3,(H,22,25). The number of nitrogens with zero attached hydrogens (tertiary/aromatic N) is 3. The number of rotatable bonds is 7. The second-order valence-electron chi connectivity index (χ2n) is 5.90. The molecule has 0 spiro atoms. The molecular formula is C20H20N4O3. The van der Waals surface area contributed by atoms with Gasteiger partial charge in [0.15, 0.2) is 0 Å². The van der Waals surface area contributed by atoms with E-state index in [1.807, 2.05) is 36.4 Å². The predicted octanol–water partition coefficient (Wildman–Crippen LogP) is 1.67. The van der Waals surface area contributed by atoms with Gasteiger partial charge in [0.2, 0.25) is 5.91 Å². The number of carbonyl (C=O) groups is 1. The lowest BCUT2D eigenvalue weighted by atomic mass is 10.1. The van der Waals surface area contributed by atoms with Gasteiger partial charge in [0.25, 0.3) is 5.56 Å². The molecule has 138 valence electrons. The van der Waals surface area contributed by atoms with Gasteiger partial charge in [-0.25, -0.2) is 4.68 Å². The molecular weight excluding hydrogens is 344 g/mol. The highest BCUT2D eigenvalue weighted by molar-refractivity contribution is 5.75. The minimum absolute atomic E-state index is 0.132. The van der Waals surface area contributed by atoms with Gasteiger partial charge in [-0.2, -0.15) is 5.10 Å². The Kier molecular flexibility index (Phi) is 5.94. The summed E-state index contributed by atoms with van der Waals surface area (Å²) in [5, 5.41) is 7.11. The van der Waals surface area contributed by atoms with Crippen molar-refractivity contribution in [3.8, 4) is 17.0 Å². The largest absolute Gasteiger partial charge is 0.497 e. The van der Waals surface area contributed by atoms with E-state index in [4.69, 9.17) is 4.74 Å². The Labute approximate surface area is 156 Å². The van der Waals surface area contributed by atoms with E-state index in [0.717, 1.165) is 15.8 Å². The molecule has 0 radical (unpaired) electrons. The minimum atomic E-state index is -0.328. The average molecular weight is 364 g/mol. The van der Waals surface area contributed by atoms with Gasteiger partial charge in [0.05, 0.1) is 12.8 Å². The summed E-state index contributed by atoms with van der Waals surface area (Å²) >= 11 is 0. The quantitative estimate of drug-likeness (QED) is 0.689. The van der Waals surface area contributed by atoms with Crippen molar-refractivity contribution in [1.82, 2.24) is 20.1 Å². The molecule has 0 aliphatic rings. The van der Waals surface area contributed by atoms with Gasteiger partial charge in [-0.3, -0.25) is 14.6 Å². The van der Waals surface area contributed by atoms with Crippen molar-refractivity contribution in [3.05, 3.63) is 76.8 Å². The molecule has 7 heteroatoms. The van der Waals surface area contributed by atoms with Crippen LogP contribution in [0.2, 0.25) is 0 Å². The van der Waals surface area contributed by atoms with Crippen LogP contribution in [0, 0.1) is 0 Å². The lowest BCUT2D eigenvalue weighted by Crippen LogP contribution is -2.34. The van der Waals surface area contributed by atoms with Gasteiger partial charge in [-0.15, -0.1) is 0 Å². The van der Waals surface area contributed by atoms with Gasteiger partial charge in [0.1, 0.15) is 12.3 Å². The second kappa shape index (κ2) is 8.75. The normalized spacial score (nSPS) is 10.4. The lowest BCUT2D eigenvalue weighted by molar-refractivity contribution is -0.121. The zero-order valence-corrected chi connectivity index (χ0v) is 15.0. The highest BCUT2D eigenvalue weighted by Gasteiger charge is 2.08. The Morgan fingerprint density at radius 1 is 1.15 bits per heavy atom. The smallest absolute Gasteiger partial charge is 0.267 e. The lowest BCUT2D eigenvalue weighted by Gasteiger charge is -2.09. The summed E-state index contributed by atoms with van der Waals surface area (Å²) in [4.78, 5) is 28.2. The number of carbonyl (C=O) groups excluding carboxylic acids is 1. The number of nitrogens with one attached hydrogen (secondary N) is 1. The third-order valence-corrected chi connectivity index (χ3v) is 4.01. The highest BCUT2D eigenvalue weighted by Crippen LogP contribution is 2.20. The summed E-state index contributed by atoms with van der Waals surface area (Å²) in [7, 11) is 1.59. The van der Waals surface area contributed by atoms with Crippen molar-refractivity contribution in [2.24, 2.45) is 0 Å². The second-order valence-corrected chi connectivity index (χ2v) is 5.90. The van der Waals surface area contributed by atoms with Crippen LogP contribution in [-0.2, 0) is 17.8 Å². The van der Waals surface area contributed by atoms with E-state index in [0.29, 0.717) is 24.4 Å². The SMILES string of the molecule is COc1cccc(-c2ccc(=O)n(CC(=O)NCCc3ccncc3)n2)c1. The summed E-state index contributed by atoms with van der Waals surface area (Å²) < 4.78 is 6.37. The van der Waals surface area contributed by atoms with Gasteiger partial charge in [-0.05, 0) is 42.3 Å². The molecule has 0 aliphatic heterocycles. The fourth-order valence-corrected chi connectivity index (χ4v) is 2.59. The first-order valence-electron chi connectivity index (χ1n) is 8.54. The van der Waals surface area contributed by atoms with Gasteiger partial charge < -0.3 is 10.1 Å². The fourth-order valence-electron chi connectivity index (χ4n) is 2.59. The third-order valence-electron chi connectivity index (χ3n) is 4.01. The van der Waals surface area contributed by atoms with Gasteiger partial charge >= 0.3 is 0 Å². The van der Waals surface area contributed by atoms with Crippen molar-refractivity contribution >= 4 is 5.91 Å². The third kappa shape index (κ3) is 5.01. The fraction of sp³-hybridized carbons (Fsp3) is 0.200. The van der Waals surface area contributed by atoms with Crippen LogP contribution in [0.5, 0.6) is 5.75 Å². The van der Waals surface area contributed by atoms with E-state index in [9.17, 15) is 9.59 Å². The number of amides is 1. The molecule has 0 aliphatic carbocycles. The maximum absolute atomic E-state index is 12.2. The molecule has 7 nitrogen and oxygen atoms in total. The van der Waals surface area contributed by atoms with Crippen LogP contribution in [0.15, 0.2) is 65.7 Å². The maximum Gasteiger partial charge on any atom is 0.267 e. The monoisotopic (exact) mass is 364 g/mol. The number of pyridine rings is 1. The Bertz CT molecular complexity index is 970. The molecule has 2 heterocycles. The number of hydrogen-bond donors (Lipinski definition) is 1. The van der Waals surface area contributed by atoms with E-state index >= 15 is 0 Å². The number of hydrogen-bond acceptors (Lipinski definition) is 5. The van der Waals surface area contributed by atoms with E-state index in [1.165, 1.54) is 6.07 Å². The zero-order valence-electron chi connectivity index (χ0n) is 15.0. The molecule has 0 saturated heterocycles. The molecule has 27 heavy (non-hydrogen) atoms. The molecule has 1 amide bonds. The first kappa shape index (κ1) is 18.3. The summed E-state index contributed by atoms with van der Waals surface area (Å²) in [6.07, 6.45) is 4.12. The summed E-state index contributed by atoms with van der Waals surface area (Å²) in [6, 6.07) is 14.2. The van der Waals surface area contributed by atoms with Crippen LogP contribution in [0.4, 0.5) is 0 Å². The minimum Gasteiger partial charge on any atom is -0.497 e. The zero-order chi connectivity index (χ0) is 19.1. The van der Waals surface area contributed by atoms with Crippen molar-refractivity contribution in [2.75, 3.05) is 13.7 Å².